The number of carbonyl (C=O) groups excluding carboxylic acids is 1. The molecule has 0 fully saturated rings. The predicted molar refractivity (Wildman–Crippen MR) is 47.2 cm³/mol. The number of carbonyl (C=O) groups is 1. The van der Waals surface area contributed by atoms with Crippen molar-refractivity contribution in [3.05, 3.63) is 34.2 Å². The summed E-state index contributed by atoms with van der Waals surface area (Å²) in [7, 11) is 0. The molecule has 0 bridgehead atoms. The molecule has 0 aliphatic rings. The maximum absolute atomic E-state index is 10.7. The fourth-order valence-electron chi connectivity index (χ4n) is 0.944. The Balaban J connectivity index is 2.89. The maximum atomic E-state index is 10.7. The fourth-order valence-corrected chi connectivity index (χ4v) is 0.944. The first-order valence-corrected chi connectivity index (χ1v) is 3.86. The monoisotopic (exact) mass is 198 g/mol. The van der Waals surface area contributed by atoms with Crippen LogP contribution in [-0.4, -0.2) is 27.2 Å². The van der Waals surface area contributed by atoms with Gasteiger partial charge in [-0.2, -0.15) is 0 Å². The average molecular weight is 198 g/mol. The van der Waals surface area contributed by atoms with Crippen molar-refractivity contribution in [1.29, 1.82) is 0 Å². The van der Waals surface area contributed by atoms with Gasteiger partial charge in [-0.3, -0.25) is 9.59 Å². The van der Waals surface area contributed by atoms with Gasteiger partial charge in [0.15, 0.2) is 6.10 Å². The van der Waals surface area contributed by atoms with Crippen LogP contribution in [0.25, 0.3) is 0 Å². The number of H-pyrrole nitrogens is 1. The molecule has 1 amide bonds. The number of hydrogen-bond acceptors (Lipinski definition) is 4. The molecule has 5 N–H and O–H groups in total. The summed E-state index contributed by atoms with van der Waals surface area (Å²) >= 11 is 0. The van der Waals surface area contributed by atoms with Gasteiger partial charge in [-0.15, -0.1) is 0 Å². The molecule has 2 atom stereocenters. The number of aromatic amines is 1. The first-order valence-electron chi connectivity index (χ1n) is 3.86. The highest BCUT2D eigenvalue weighted by Gasteiger charge is 2.23. The zero-order valence-corrected chi connectivity index (χ0v) is 7.18. The van der Waals surface area contributed by atoms with Crippen LogP contribution >= 0.6 is 0 Å². The van der Waals surface area contributed by atoms with E-state index in [1.54, 1.807) is 0 Å². The lowest BCUT2D eigenvalue weighted by Gasteiger charge is -2.14. The average Bonchev–Trinajstić information content (AvgIpc) is 2.16. The second-order valence-electron chi connectivity index (χ2n) is 2.78. The van der Waals surface area contributed by atoms with E-state index in [-0.39, 0.29) is 11.1 Å². The van der Waals surface area contributed by atoms with Crippen LogP contribution in [0.1, 0.15) is 11.7 Å². The summed E-state index contributed by atoms with van der Waals surface area (Å²) in [6.45, 7) is 0. The van der Waals surface area contributed by atoms with Crippen LogP contribution in [0.4, 0.5) is 0 Å². The second kappa shape index (κ2) is 4.03. The molecule has 1 heterocycles. The number of aliphatic hydroxyl groups excluding tert-OH is 2. The van der Waals surface area contributed by atoms with Gasteiger partial charge in [-0.1, -0.05) is 0 Å². The number of aliphatic hydroxyl groups is 2. The molecular formula is C8H10N2O4. The second-order valence-corrected chi connectivity index (χ2v) is 2.78. The Morgan fingerprint density at radius 1 is 1.43 bits per heavy atom. The summed E-state index contributed by atoms with van der Waals surface area (Å²) < 4.78 is 0. The van der Waals surface area contributed by atoms with Crippen LogP contribution < -0.4 is 11.3 Å². The summed E-state index contributed by atoms with van der Waals surface area (Å²) in [5.41, 5.74) is 4.66. The highest BCUT2D eigenvalue weighted by Crippen LogP contribution is 2.13. The molecule has 0 aliphatic carbocycles. The lowest BCUT2D eigenvalue weighted by molar-refractivity contribution is -0.131. The molecule has 2 unspecified atom stereocenters. The first-order chi connectivity index (χ1) is 6.52. The smallest absolute Gasteiger partial charge is 0.249 e. The highest BCUT2D eigenvalue weighted by molar-refractivity contribution is 5.79. The molecule has 76 valence electrons. The quantitative estimate of drug-likeness (QED) is 0.461. The van der Waals surface area contributed by atoms with Crippen molar-refractivity contribution in [2.24, 2.45) is 5.73 Å². The first kappa shape index (κ1) is 10.4. The highest BCUT2D eigenvalue weighted by atomic mass is 16.3. The van der Waals surface area contributed by atoms with E-state index in [2.05, 4.69) is 4.98 Å². The number of amides is 1. The van der Waals surface area contributed by atoms with Gasteiger partial charge in [0.1, 0.15) is 6.10 Å². The number of nitrogens with one attached hydrogen (secondary N) is 1. The molecule has 0 radical (unpaired) electrons. The van der Waals surface area contributed by atoms with Gasteiger partial charge in [0.2, 0.25) is 11.5 Å². The molecule has 1 aromatic rings. The summed E-state index contributed by atoms with van der Waals surface area (Å²) in [6.07, 6.45) is -1.90. The molecule has 0 saturated heterocycles. The lowest BCUT2D eigenvalue weighted by atomic mass is 10.1. The van der Waals surface area contributed by atoms with E-state index in [0.29, 0.717) is 0 Å². The Hall–Kier alpha value is -1.66. The summed E-state index contributed by atoms with van der Waals surface area (Å²) in [5, 5.41) is 18.5. The number of pyridine rings is 1. The molecule has 0 saturated carbocycles. The number of rotatable bonds is 3. The van der Waals surface area contributed by atoms with Crippen LogP contribution in [0, 0.1) is 0 Å². The van der Waals surface area contributed by atoms with Crippen molar-refractivity contribution in [2.45, 2.75) is 12.2 Å². The summed E-state index contributed by atoms with van der Waals surface area (Å²) in [4.78, 5) is 23.5. The normalized spacial score (nSPS) is 14.7. The molecular weight excluding hydrogens is 188 g/mol. The molecule has 0 aromatic carbocycles. The van der Waals surface area contributed by atoms with E-state index >= 15 is 0 Å². The maximum Gasteiger partial charge on any atom is 0.249 e. The van der Waals surface area contributed by atoms with Crippen LogP contribution in [0.15, 0.2) is 23.1 Å². The molecule has 14 heavy (non-hydrogen) atoms. The lowest BCUT2D eigenvalue weighted by Crippen LogP contribution is -2.34. The minimum absolute atomic E-state index is 0.218. The van der Waals surface area contributed by atoms with Crippen LogP contribution in [0.3, 0.4) is 0 Å². The van der Waals surface area contributed by atoms with Gasteiger partial charge in [-0.05, 0) is 11.6 Å². The Kier molecular flexibility index (Phi) is 3.00. The SMILES string of the molecule is NC(=O)C(O)C(O)c1ccc(=O)[nH]c1. The molecule has 0 aliphatic heterocycles. The van der Waals surface area contributed by atoms with Crippen LogP contribution in [-0.2, 0) is 4.79 Å². The number of hydrogen-bond donors (Lipinski definition) is 4. The Morgan fingerprint density at radius 2 is 2.07 bits per heavy atom. The van der Waals surface area contributed by atoms with Gasteiger partial charge in [-0.25, -0.2) is 0 Å². The van der Waals surface area contributed by atoms with Crippen molar-refractivity contribution in [3.63, 3.8) is 0 Å². The fraction of sp³-hybridized carbons (Fsp3) is 0.250. The number of nitrogens with two attached hydrogens (primary N) is 1. The van der Waals surface area contributed by atoms with Crippen LogP contribution in [0.2, 0.25) is 0 Å². The Labute approximate surface area is 79.0 Å². The van der Waals surface area contributed by atoms with Crippen molar-refractivity contribution < 1.29 is 15.0 Å². The van der Waals surface area contributed by atoms with Crippen molar-refractivity contribution in [2.75, 3.05) is 0 Å². The van der Waals surface area contributed by atoms with E-state index < -0.39 is 18.1 Å². The molecule has 6 heteroatoms. The van der Waals surface area contributed by atoms with Crippen LogP contribution in [0.5, 0.6) is 0 Å². The Bertz CT molecular complexity index is 367. The number of aromatic nitrogens is 1. The van der Waals surface area contributed by atoms with E-state index in [0.717, 1.165) is 0 Å². The third kappa shape index (κ3) is 2.18. The largest absolute Gasteiger partial charge is 0.385 e. The van der Waals surface area contributed by atoms with E-state index in [4.69, 9.17) is 10.8 Å². The van der Waals surface area contributed by atoms with E-state index in [1.807, 2.05) is 0 Å². The zero-order chi connectivity index (χ0) is 10.7. The Morgan fingerprint density at radius 3 is 2.50 bits per heavy atom. The third-order valence-corrected chi connectivity index (χ3v) is 1.74. The third-order valence-electron chi connectivity index (χ3n) is 1.74. The van der Waals surface area contributed by atoms with Crippen molar-refractivity contribution in [1.82, 2.24) is 4.98 Å². The minimum Gasteiger partial charge on any atom is -0.385 e. The predicted octanol–water partition coefficient (Wildman–Crippen LogP) is -1.75. The van der Waals surface area contributed by atoms with Gasteiger partial charge in [0.25, 0.3) is 0 Å². The zero-order valence-electron chi connectivity index (χ0n) is 7.18. The number of primary amides is 1. The molecule has 1 rings (SSSR count). The molecule has 1 aromatic heterocycles. The van der Waals surface area contributed by atoms with Crippen molar-refractivity contribution in [3.8, 4) is 0 Å². The molecule has 6 nitrogen and oxygen atoms in total. The van der Waals surface area contributed by atoms with Gasteiger partial charge in [0.05, 0.1) is 0 Å². The van der Waals surface area contributed by atoms with Crippen molar-refractivity contribution >= 4 is 5.91 Å². The standard InChI is InChI=1S/C8H10N2O4/c9-8(14)7(13)6(12)4-1-2-5(11)10-3-4/h1-3,6-7,12-13H,(H2,9,14)(H,10,11). The van der Waals surface area contributed by atoms with E-state index in [9.17, 15) is 14.7 Å². The van der Waals surface area contributed by atoms with Gasteiger partial charge in [0, 0.05) is 12.3 Å². The van der Waals surface area contributed by atoms with Gasteiger partial charge < -0.3 is 20.9 Å². The molecule has 0 spiro atoms. The summed E-state index contributed by atoms with van der Waals surface area (Å²) in [6, 6.07) is 2.47. The van der Waals surface area contributed by atoms with E-state index in [1.165, 1.54) is 18.3 Å². The van der Waals surface area contributed by atoms with Gasteiger partial charge >= 0.3 is 0 Å². The topological polar surface area (TPSA) is 116 Å². The minimum atomic E-state index is -1.68. The summed E-state index contributed by atoms with van der Waals surface area (Å²) in [5.74, 6) is -1.02.